The Hall–Kier alpha value is -0.540. The SMILES string of the molecule is CC(C)(C)NCc1cc(F)ccc1SC(C)(C)C. The third-order valence-electron chi connectivity index (χ3n) is 2.25. The quantitative estimate of drug-likeness (QED) is 0.805. The Bertz CT molecular complexity index is 402. The van der Waals surface area contributed by atoms with Crippen LogP contribution in [-0.2, 0) is 6.54 Å². The van der Waals surface area contributed by atoms with E-state index in [4.69, 9.17) is 0 Å². The van der Waals surface area contributed by atoms with Gasteiger partial charge in [-0.2, -0.15) is 0 Å². The zero-order valence-electron chi connectivity index (χ0n) is 12.2. The van der Waals surface area contributed by atoms with Crippen molar-refractivity contribution in [1.82, 2.24) is 5.32 Å². The Kier molecular flexibility index (Phi) is 4.84. The molecule has 102 valence electrons. The van der Waals surface area contributed by atoms with Crippen molar-refractivity contribution in [1.29, 1.82) is 0 Å². The highest BCUT2D eigenvalue weighted by atomic mass is 32.2. The lowest BCUT2D eigenvalue weighted by Crippen LogP contribution is -2.35. The van der Waals surface area contributed by atoms with Crippen LogP contribution in [0.4, 0.5) is 4.39 Å². The van der Waals surface area contributed by atoms with Crippen molar-refractivity contribution >= 4 is 11.8 Å². The lowest BCUT2D eigenvalue weighted by Gasteiger charge is -2.24. The summed E-state index contributed by atoms with van der Waals surface area (Å²) in [5.74, 6) is -0.168. The normalized spacial score (nSPS) is 12.8. The van der Waals surface area contributed by atoms with Gasteiger partial charge in [-0.15, -0.1) is 11.8 Å². The van der Waals surface area contributed by atoms with Crippen LogP contribution >= 0.6 is 11.8 Å². The maximum Gasteiger partial charge on any atom is 0.123 e. The Labute approximate surface area is 115 Å². The molecule has 1 rings (SSSR count). The first-order valence-corrected chi connectivity index (χ1v) is 7.11. The molecule has 0 saturated carbocycles. The van der Waals surface area contributed by atoms with Gasteiger partial charge in [0.05, 0.1) is 0 Å². The summed E-state index contributed by atoms with van der Waals surface area (Å²) in [6.07, 6.45) is 0. The topological polar surface area (TPSA) is 12.0 Å². The number of nitrogens with one attached hydrogen (secondary N) is 1. The molecule has 1 N–H and O–H groups in total. The molecule has 0 heterocycles. The summed E-state index contributed by atoms with van der Waals surface area (Å²) in [7, 11) is 0. The molecule has 1 aromatic rings. The number of benzene rings is 1. The van der Waals surface area contributed by atoms with E-state index in [9.17, 15) is 4.39 Å². The molecular formula is C15H24FNS. The molecule has 1 aromatic carbocycles. The standard InChI is InChI=1S/C15H24FNS/c1-14(2,3)17-10-11-9-12(16)7-8-13(11)18-15(4,5)6/h7-9,17H,10H2,1-6H3. The maximum absolute atomic E-state index is 13.4. The summed E-state index contributed by atoms with van der Waals surface area (Å²) in [5, 5.41) is 3.41. The van der Waals surface area contributed by atoms with Crippen LogP contribution in [0, 0.1) is 5.82 Å². The molecule has 0 aliphatic carbocycles. The third kappa shape index (κ3) is 5.87. The molecule has 0 radical (unpaired) electrons. The summed E-state index contributed by atoms with van der Waals surface area (Å²) < 4.78 is 13.5. The molecule has 0 unspecified atom stereocenters. The second-order valence-corrected chi connectivity index (χ2v) is 8.44. The number of hydrogen-bond acceptors (Lipinski definition) is 2. The maximum atomic E-state index is 13.4. The van der Waals surface area contributed by atoms with Crippen molar-refractivity contribution in [3.8, 4) is 0 Å². The van der Waals surface area contributed by atoms with E-state index < -0.39 is 0 Å². The molecule has 3 heteroatoms. The fourth-order valence-corrected chi connectivity index (χ4v) is 2.53. The predicted molar refractivity (Wildman–Crippen MR) is 78.6 cm³/mol. The van der Waals surface area contributed by atoms with Gasteiger partial charge in [0.2, 0.25) is 0 Å². The van der Waals surface area contributed by atoms with Crippen LogP contribution in [0.5, 0.6) is 0 Å². The zero-order chi connectivity index (χ0) is 14.0. The zero-order valence-corrected chi connectivity index (χ0v) is 13.0. The minimum atomic E-state index is -0.168. The van der Waals surface area contributed by atoms with Crippen LogP contribution in [0.3, 0.4) is 0 Å². The average molecular weight is 269 g/mol. The smallest absolute Gasteiger partial charge is 0.123 e. The van der Waals surface area contributed by atoms with Crippen LogP contribution in [0.15, 0.2) is 23.1 Å². The second-order valence-electron chi connectivity index (χ2n) is 6.57. The second kappa shape index (κ2) is 5.62. The monoisotopic (exact) mass is 269 g/mol. The van der Waals surface area contributed by atoms with E-state index >= 15 is 0 Å². The van der Waals surface area contributed by atoms with Crippen LogP contribution < -0.4 is 5.32 Å². The molecular weight excluding hydrogens is 245 g/mol. The molecule has 0 spiro atoms. The highest BCUT2D eigenvalue weighted by Gasteiger charge is 2.16. The molecule has 0 saturated heterocycles. The largest absolute Gasteiger partial charge is 0.308 e. The lowest BCUT2D eigenvalue weighted by molar-refractivity contribution is 0.422. The van der Waals surface area contributed by atoms with Crippen LogP contribution in [0.25, 0.3) is 0 Å². The van der Waals surface area contributed by atoms with Crippen LogP contribution in [0.1, 0.15) is 47.1 Å². The minimum absolute atomic E-state index is 0.0377. The fraction of sp³-hybridized carbons (Fsp3) is 0.600. The van der Waals surface area contributed by atoms with Crippen LogP contribution in [0.2, 0.25) is 0 Å². The first-order chi connectivity index (χ1) is 8.07. The van der Waals surface area contributed by atoms with Gasteiger partial charge in [0.25, 0.3) is 0 Å². The number of hydrogen-bond donors (Lipinski definition) is 1. The van der Waals surface area contributed by atoms with E-state index in [1.165, 1.54) is 6.07 Å². The van der Waals surface area contributed by atoms with E-state index in [1.54, 1.807) is 17.8 Å². The van der Waals surface area contributed by atoms with Crippen molar-refractivity contribution in [3.05, 3.63) is 29.6 Å². The molecule has 0 aliphatic rings. The third-order valence-corrected chi connectivity index (χ3v) is 3.48. The molecule has 0 fully saturated rings. The fourth-order valence-electron chi connectivity index (χ4n) is 1.48. The molecule has 0 amide bonds. The van der Waals surface area contributed by atoms with Gasteiger partial charge in [-0.25, -0.2) is 4.39 Å². The van der Waals surface area contributed by atoms with Gasteiger partial charge in [0, 0.05) is 21.7 Å². The Morgan fingerprint density at radius 2 is 1.72 bits per heavy atom. The van der Waals surface area contributed by atoms with Crippen LogP contribution in [-0.4, -0.2) is 10.3 Å². The van der Waals surface area contributed by atoms with E-state index in [0.29, 0.717) is 6.54 Å². The minimum Gasteiger partial charge on any atom is -0.308 e. The average Bonchev–Trinajstić information content (AvgIpc) is 2.15. The first kappa shape index (κ1) is 15.5. The molecule has 0 atom stereocenters. The van der Waals surface area contributed by atoms with E-state index in [2.05, 4.69) is 46.9 Å². The van der Waals surface area contributed by atoms with Gasteiger partial charge in [-0.3, -0.25) is 0 Å². The summed E-state index contributed by atoms with van der Waals surface area (Å²) in [6, 6.07) is 5.05. The van der Waals surface area contributed by atoms with Crippen molar-refractivity contribution in [2.75, 3.05) is 0 Å². The Morgan fingerprint density at radius 1 is 1.11 bits per heavy atom. The molecule has 0 bridgehead atoms. The van der Waals surface area contributed by atoms with Gasteiger partial charge in [-0.1, -0.05) is 20.8 Å². The Morgan fingerprint density at radius 3 is 2.22 bits per heavy atom. The van der Waals surface area contributed by atoms with E-state index in [-0.39, 0.29) is 16.1 Å². The summed E-state index contributed by atoms with van der Waals surface area (Å²) in [4.78, 5) is 1.15. The Balaban J connectivity index is 2.90. The summed E-state index contributed by atoms with van der Waals surface area (Å²) in [6.45, 7) is 13.5. The predicted octanol–water partition coefficient (Wildman–Crippen LogP) is 4.60. The van der Waals surface area contributed by atoms with Crippen molar-refractivity contribution in [3.63, 3.8) is 0 Å². The van der Waals surface area contributed by atoms with E-state index in [0.717, 1.165) is 10.5 Å². The van der Waals surface area contributed by atoms with E-state index in [1.807, 2.05) is 6.07 Å². The summed E-state index contributed by atoms with van der Waals surface area (Å²) >= 11 is 1.78. The molecule has 1 nitrogen and oxygen atoms in total. The van der Waals surface area contributed by atoms with Gasteiger partial charge in [0.15, 0.2) is 0 Å². The lowest BCUT2D eigenvalue weighted by atomic mass is 10.1. The van der Waals surface area contributed by atoms with Gasteiger partial charge >= 0.3 is 0 Å². The number of rotatable bonds is 3. The van der Waals surface area contributed by atoms with Crippen molar-refractivity contribution < 1.29 is 4.39 Å². The number of halogens is 1. The van der Waals surface area contributed by atoms with Crippen molar-refractivity contribution in [2.45, 2.75) is 63.3 Å². The van der Waals surface area contributed by atoms with Crippen molar-refractivity contribution in [2.24, 2.45) is 0 Å². The molecule has 0 aliphatic heterocycles. The van der Waals surface area contributed by atoms with Gasteiger partial charge < -0.3 is 5.32 Å². The van der Waals surface area contributed by atoms with Gasteiger partial charge in [0.1, 0.15) is 5.82 Å². The van der Waals surface area contributed by atoms with Gasteiger partial charge in [-0.05, 0) is 44.5 Å². The molecule has 18 heavy (non-hydrogen) atoms. The summed E-state index contributed by atoms with van der Waals surface area (Å²) in [5.41, 5.74) is 1.07. The number of thioether (sulfide) groups is 1. The highest BCUT2D eigenvalue weighted by molar-refractivity contribution is 8.00. The molecule has 0 aromatic heterocycles. The highest BCUT2D eigenvalue weighted by Crippen LogP contribution is 2.34. The first-order valence-electron chi connectivity index (χ1n) is 6.29.